The van der Waals surface area contributed by atoms with Gasteiger partial charge in [-0.2, -0.15) is 0 Å². The lowest BCUT2D eigenvalue weighted by Crippen LogP contribution is -1.89. The molecule has 0 saturated carbocycles. The summed E-state index contributed by atoms with van der Waals surface area (Å²) in [6, 6.07) is 4.44. The van der Waals surface area contributed by atoms with E-state index in [9.17, 15) is 0 Å². The van der Waals surface area contributed by atoms with E-state index in [0.29, 0.717) is 0 Å². The Bertz CT molecular complexity index is 269. The Morgan fingerprint density at radius 2 is 2.00 bits per heavy atom. The molecule has 60 valence electrons. The summed E-state index contributed by atoms with van der Waals surface area (Å²) >= 11 is 5.86. The summed E-state index contributed by atoms with van der Waals surface area (Å²) in [7, 11) is 0. The van der Waals surface area contributed by atoms with Crippen LogP contribution in [-0.4, -0.2) is 0 Å². The van der Waals surface area contributed by atoms with E-state index in [4.69, 9.17) is 0 Å². The van der Waals surface area contributed by atoms with Gasteiger partial charge in [0.1, 0.15) is 0 Å². The molecule has 0 amide bonds. The molecule has 0 aromatic heterocycles. The lowest BCUT2D eigenvalue weighted by Gasteiger charge is -2.05. The lowest BCUT2D eigenvalue weighted by molar-refractivity contribution is 1.27. The first kappa shape index (κ1) is 9.52. The van der Waals surface area contributed by atoms with Crippen LogP contribution >= 0.6 is 38.5 Å². The molecule has 0 bridgehead atoms. The average Bonchev–Trinajstić information content (AvgIpc) is 1.96. The largest absolute Gasteiger partial charge is 0.0876 e. The van der Waals surface area contributed by atoms with E-state index in [0.717, 1.165) is 5.33 Å². The number of halogens is 2. The molecule has 0 aliphatic heterocycles. The highest BCUT2D eigenvalue weighted by atomic mass is 127. The number of alkyl halides is 1. The van der Waals surface area contributed by atoms with Crippen LogP contribution in [0.25, 0.3) is 0 Å². The topological polar surface area (TPSA) is 0 Å². The zero-order chi connectivity index (χ0) is 8.43. The Labute approximate surface area is 89.7 Å². The zero-order valence-corrected chi connectivity index (χ0v) is 10.4. The SMILES string of the molecule is Cc1cc(C)c(I)c(CBr)c1. The van der Waals surface area contributed by atoms with Gasteiger partial charge in [-0.1, -0.05) is 33.6 Å². The maximum absolute atomic E-state index is 3.47. The predicted octanol–water partition coefficient (Wildman–Crippen LogP) is 3.80. The number of benzene rings is 1. The van der Waals surface area contributed by atoms with E-state index in [1.54, 1.807) is 0 Å². The minimum Gasteiger partial charge on any atom is -0.0876 e. The molecule has 0 aliphatic carbocycles. The van der Waals surface area contributed by atoms with Gasteiger partial charge in [-0.3, -0.25) is 0 Å². The summed E-state index contributed by atoms with van der Waals surface area (Å²) in [5.41, 5.74) is 4.11. The second-order valence-electron chi connectivity index (χ2n) is 2.69. The van der Waals surface area contributed by atoms with Crippen molar-refractivity contribution in [1.29, 1.82) is 0 Å². The molecule has 0 N–H and O–H groups in total. The van der Waals surface area contributed by atoms with Crippen LogP contribution in [0.15, 0.2) is 12.1 Å². The van der Waals surface area contributed by atoms with E-state index >= 15 is 0 Å². The molecule has 11 heavy (non-hydrogen) atoms. The van der Waals surface area contributed by atoms with E-state index in [1.807, 2.05) is 0 Å². The molecule has 0 aliphatic rings. The van der Waals surface area contributed by atoms with Gasteiger partial charge in [0.2, 0.25) is 0 Å². The van der Waals surface area contributed by atoms with Crippen LogP contribution in [0.3, 0.4) is 0 Å². The van der Waals surface area contributed by atoms with E-state index in [1.165, 1.54) is 20.3 Å². The van der Waals surface area contributed by atoms with E-state index in [-0.39, 0.29) is 0 Å². The van der Waals surface area contributed by atoms with Crippen LogP contribution in [0.4, 0.5) is 0 Å². The number of rotatable bonds is 1. The molecule has 0 heterocycles. The molecule has 0 atom stereocenters. The van der Waals surface area contributed by atoms with E-state index < -0.39 is 0 Å². The third-order valence-electron chi connectivity index (χ3n) is 1.62. The Morgan fingerprint density at radius 3 is 2.55 bits per heavy atom. The van der Waals surface area contributed by atoms with Crippen molar-refractivity contribution in [3.63, 3.8) is 0 Å². The van der Waals surface area contributed by atoms with Gasteiger partial charge >= 0.3 is 0 Å². The molecule has 0 unspecified atom stereocenters. The quantitative estimate of drug-likeness (QED) is 0.544. The summed E-state index contributed by atoms with van der Waals surface area (Å²) < 4.78 is 1.38. The van der Waals surface area contributed by atoms with Gasteiger partial charge in [0.15, 0.2) is 0 Å². The van der Waals surface area contributed by atoms with Crippen LogP contribution < -0.4 is 0 Å². The molecule has 0 radical (unpaired) electrons. The van der Waals surface area contributed by atoms with Crippen molar-refractivity contribution >= 4 is 38.5 Å². The third-order valence-corrected chi connectivity index (χ3v) is 3.77. The minimum absolute atomic E-state index is 0.952. The molecule has 0 fully saturated rings. The second kappa shape index (κ2) is 3.90. The normalized spacial score (nSPS) is 10.2. The monoisotopic (exact) mass is 324 g/mol. The Hall–Kier alpha value is 0.430. The van der Waals surface area contributed by atoms with Crippen molar-refractivity contribution in [3.8, 4) is 0 Å². The first-order valence-corrected chi connectivity index (χ1v) is 5.66. The highest BCUT2D eigenvalue weighted by Crippen LogP contribution is 2.20. The fraction of sp³-hybridized carbons (Fsp3) is 0.333. The molecule has 0 nitrogen and oxygen atoms in total. The Morgan fingerprint density at radius 1 is 1.36 bits per heavy atom. The predicted molar refractivity (Wildman–Crippen MR) is 61.3 cm³/mol. The van der Waals surface area contributed by atoms with Gasteiger partial charge in [0, 0.05) is 8.90 Å². The molecule has 1 aromatic carbocycles. The highest BCUT2D eigenvalue weighted by Gasteiger charge is 2.01. The second-order valence-corrected chi connectivity index (χ2v) is 4.33. The zero-order valence-electron chi connectivity index (χ0n) is 6.62. The van der Waals surface area contributed by atoms with Gasteiger partial charge < -0.3 is 0 Å². The molecule has 0 saturated heterocycles. The van der Waals surface area contributed by atoms with Crippen molar-refractivity contribution in [2.45, 2.75) is 19.2 Å². The van der Waals surface area contributed by atoms with Gasteiger partial charge in [0.25, 0.3) is 0 Å². The standard InChI is InChI=1S/C9H10BrI/c1-6-3-7(2)9(11)8(4-6)5-10/h3-4H,5H2,1-2H3. The fourth-order valence-electron chi connectivity index (χ4n) is 1.14. The molecule has 1 rings (SSSR count). The van der Waals surface area contributed by atoms with Crippen molar-refractivity contribution < 1.29 is 0 Å². The van der Waals surface area contributed by atoms with Crippen molar-refractivity contribution in [2.75, 3.05) is 0 Å². The van der Waals surface area contributed by atoms with Gasteiger partial charge in [-0.15, -0.1) is 0 Å². The lowest BCUT2D eigenvalue weighted by atomic mass is 10.1. The first-order valence-electron chi connectivity index (χ1n) is 3.46. The van der Waals surface area contributed by atoms with Crippen LogP contribution in [0.5, 0.6) is 0 Å². The number of aryl methyl sites for hydroxylation is 2. The number of hydrogen-bond acceptors (Lipinski definition) is 0. The van der Waals surface area contributed by atoms with Crippen LogP contribution in [0, 0.1) is 17.4 Å². The van der Waals surface area contributed by atoms with Gasteiger partial charge in [0.05, 0.1) is 0 Å². The van der Waals surface area contributed by atoms with Crippen LogP contribution in [0.1, 0.15) is 16.7 Å². The van der Waals surface area contributed by atoms with Crippen molar-refractivity contribution in [1.82, 2.24) is 0 Å². The van der Waals surface area contributed by atoms with Crippen molar-refractivity contribution in [3.05, 3.63) is 32.4 Å². The fourth-order valence-corrected chi connectivity index (χ4v) is 2.60. The molecule has 1 aromatic rings. The number of hydrogen-bond donors (Lipinski definition) is 0. The summed E-state index contributed by atoms with van der Waals surface area (Å²) in [4.78, 5) is 0. The first-order chi connectivity index (χ1) is 5.15. The smallest absolute Gasteiger partial charge is 0.0293 e. The minimum atomic E-state index is 0.952. The molecule has 2 heteroatoms. The van der Waals surface area contributed by atoms with E-state index in [2.05, 4.69) is 64.5 Å². The third kappa shape index (κ3) is 2.18. The maximum atomic E-state index is 3.47. The average molecular weight is 325 g/mol. The summed E-state index contributed by atoms with van der Waals surface area (Å²) in [6.07, 6.45) is 0. The maximum Gasteiger partial charge on any atom is 0.0293 e. The van der Waals surface area contributed by atoms with Gasteiger partial charge in [-0.25, -0.2) is 0 Å². The Balaban J connectivity index is 3.24. The van der Waals surface area contributed by atoms with Crippen LogP contribution in [0.2, 0.25) is 0 Å². The highest BCUT2D eigenvalue weighted by molar-refractivity contribution is 14.1. The van der Waals surface area contributed by atoms with Crippen molar-refractivity contribution in [2.24, 2.45) is 0 Å². The summed E-state index contributed by atoms with van der Waals surface area (Å²) in [6.45, 7) is 4.29. The summed E-state index contributed by atoms with van der Waals surface area (Å²) in [5, 5.41) is 0.952. The summed E-state index contributed by atoms with van der Waals surface area (Å²) in [5.74, 6) is 0. The van der Waals surface area contributed by atoms with Gasteiger partial charge in [-0.05, 0) is 47.6 Å². The molecular formula is C9H10BrI. The Kier molecular flexibility index (Phi) is 3.37. The van der Waals surface area contributed by atoms with Crippen LogP contribution in [-0.2, 0) is 5.33 Å². The molecule has 0 spiro atoms. The molecular weight excluding hydrogens is 315 g/mol.